The van der Waals surface area contributed by atoms with Crippen molar-refractivity contribution in [1.29, 1.82) is 0 Å². The van der Waals surface area contributed by atoms with Crippen molar-refractivity contribution >= 4 is 5.97 Å². The molecule has 4 heteroatoms. The Bertz CT molecular complexity index is 361. The van der Waals surface area contributed by atoms with Crippen molar-refractivity contribution in [1.82, 2.24) is 4.98 Å². The van der Waals surface area contributed by atoms with Crippen LogP contribution in [-0.4, -0.2) is 27.8 Å². The number of carboxylic acids is 1. The molecule has 0 saturated carbocycles. The van der Waals surface area contributed by atoms with E-state index in [1.807, 2.05) is 13.8 Å². The number of aromatic carboxylic acids is 1. The molecule has 0 aromatic carbocycles. The Morgan fingerprint density at radius 2 is 2.20 bits per heavy atom. The molecule has 15 heavy (non-hydrogen) atoms. The molecule has 0 amide bonds. The van der Waals surface area contributed by atoms with E-state index in [0.717, 1.165) is 0 Å². The summed E-state index contributed by atoms with van der Waals surface area (Å²) in [5, 5.41) is 18.0. The number of rotatable bonds is 4. The van der Waals surface area contributed by atoms with Crippen molar-refractivity contribution in [3.63, 3.8) is 0 Å². The quantitative estimate of drug-likeness (QED) is 0.785. The van der Waals surface area contributed by atoms with E-state index < -0.39 is 5.97 Å². The molecule has 0 atom stereocenters. The summed E-state index contributed by atoms with van der Waals surface area (Å²) in [5.74, 6) is -0.980. The van der Waals surface area contributed by atoms with Gasteiger partial charge >= 0.3 is 5.97 Å². The molecule has 1 aromatic rings. The molecule has 0 radical (unpaired) electrons. The molecule has 1 aromatic heterocycles. The zero-order valence-corrected chi connectivity index (χ0v) is 8.90. The second-order valence-corrected chi connectivity index (χ2v) is 4.30. The van der Waals surface area contributed by atoms with Crippen LogP contribution in [0.25, 0.3) is 0 Å². The zero-order chi connectivity index (χ0) is 11.5. The monoisotopic (exact) mass is 209 g/mol. The summed E-state index contributed by atoms with van der Waals surface area (Å²) < 4.78 is 0. The Hall–Kier alpha value is -1.42. The maximum Gasteiger partial charge on any atom is 0.337 e. The van der Waals surface area contributed by atoms with Gasteiger partial charge in [-0.2, -0.15) is 0 Å². The number of carbonyl (C=O) groups is 1. The number of aliphatic hydroxyl groups excluding tert-OH is 1. The van der Waals surface area contributed by atoms with Crippen LogP contribution >= 0.6 is 0 Å². The smallest absolute Gasteiger partial charge is 0.337 e. The minimum atomic E-state index is -0.980. The van der Waals surface area contributed by atoms with Crippen LogP contribution in [0.2, 0.25) is 0 Å². The van der Waals surface area contributed by atoms with Crippen LogP contribution in [0.15, 0.2) is 18.3 Å². The molecule has 0 aliphatic heterocycles. The van der Waals surface area contributed by atoms with Crippen LogP contribution in [0, 0.1) is 5.41 Å². The topological polar surface area (TPSA) is 70.4 Å². The fourth-order valence-electron chi connectivity index (χ4n) is 1.28. The van der Waals surface area contributed by atoms with Gasteiger partial charge in [-0.25, -0.2) is 4.79 Å². The Morgan fingerprint density at radius 1 is 1.53 bits per heavy atom. The van der Waals surface area contributed by atoms with E-state index in [9.17, 15) is 4.79 Å². The SMILES string of the molecule is CC(C)(CO)Cc1ncccc1C(=O)O. The van der Waals surface area contributed by atoms with E-state index in [2.05, 4.69) is 4.98 Å². The van der Waals surface area contributed by atoms with Crippen LogP contribution in [0.5, 0.6) is 0 Å². The van der Waals surface area contributed by atoms with Gasteiger partial charge in [-0.1, -0.05) is 13.8 Å². The fraction of sp³-hybridized carbons (Fsp3) is 0.455. The molecule has 4 nitrogen and oxygen atoms in total. The molecular weight excluding hydrogens is 194 g/mol. The van der Waals surface area contributed by atoms with Gasteiger partial charge in [0.1, 0.15) is 0 Å². The predicted octanol–water partition coefficient (Wildman–Crippen LogP) is 1.34. The summed E-state index contributed by atoms with van der Waals surface area (Å²) in [5.41, 5.74) is 0.376. The largest absolute Gasteiger partial charge is 0.478 e. The highest BCUT2D eigenvalue weighted by atomic mass is 16.4. The van der Waals surface area contributed by atoms with Gasteiger partial charge in [0.05, 0.1) is 11.3 Å². The van der Waals surface area contributed by atoms with Crippen molar-refractivity contribution in [3.05, 3.63) is 29.6 Å². The first-order chi connectivity index (χ1) is 6.96. The highest BCUT2D eigenvalue weighted by molar-refractivity contribution is 5.88. The van der Waals surface area contributed by atoms with E-state index in [1.54, 1.807) is 12.3 Å². The molecule has 0 aliphatic carbocycles. The summed E-state index contributed by atoms with van der Waals surface area (Å²) in [6.07, 6.45) is 2.02. The van der Waals surface area contributed by atoms with E-state index >= 15 is 0 Å². The summed E-state index contributed by atoms with van der Waals surface area (Å²) in [6.45, 7) is 3.74. The summed E-state index contributed by atoms with van der Waals surface area (Å²) >= 11 is 0. The number of carboxylic acid groups (broad SMARTS) is 1. The molecule has 0 fully saturated rings. The normalized spacial score (nSPS) is 11.4. The molecule has 1 heterocycles. The van der Waals surface area contributed by atoms with Crippen molar-refractivity contribution < 1.29 is 15.0 Å². The number of hydrogen-bond acceptors (Lipinski definition) is 3. The van der Waals surface area contributed by atoms with E-state index in [0.29, 0.717) is 12.1 Å². The van der Waals surface area contributed by atoms with Crippen LogP contribution in [0.4, 0.5) is 0 Å². The molecule has 0 spiro atoms. The van der Waals surface area contributed by atoms with Gasteiger partial charge in [-0.3, -0.25) is 4.98 Å². The van der Waals surface area contributed by atoms with Crippen molar-refractivity contribution in [2.24, 2.45) is 5.41 Å². The third-order valence-corrected chi connectivity index (χ3v) is 2.19. The van der Waals surface area contributed by atoms with Gasteiger partial charge < -0.3 is 10.2 Å². The molecular formula is C11H15NO3. The fourth-order valence-corrected chi connectivity index (χ4v) is 1.28. The second kappa shape index (κ2) is 4.40. The average molecular weight is 209 g/mol. The maximum absolute atomic E-state index is 10.9. The Labute approximate surface area is 88.6 Å². The van der Waals surface area contributed by atoms with Gasteiger partial charge in [0, 0.05) is 12.8 Å². The number of nitrogens with zero attached hydrogens (tertiary/aromatic N) is 1. The lowest BCUT2D eigenvalue weighted by atomic mass is 9.87. The Kier molecular flexibility index (Phi) is 3.42. The lowest BCUT2D eigenvalue weighted by molar-refractivity contribution is 0.0693. The van der Waals surface area contributed by atoms with E-state index in [1.165, 1.54) is 6.07 Å². The molecule has 2 N–H and O–H groups in total. The molecule has 0 aliphatic rings. The third kappa shape index (κ3) is 3.02. The highest BCUT2D eigenvalue weighted by Gasteiger charge is 2.21. The number of aromatic nitrogens is 1. The number of pyridine rings is 1. The summed E-state index contributed by atoms with van der Waals surface area (Å²) in [6, 6.07) is 3.12. The molecule has 0 bridgehead atoms. The Morgan fingerprint density at radius 3 is 2.73 bits per heavy atom. The first-order valence-electron chi connectivity index (χ1n) is 4.74. The summed E-state index contributed by atoms with van der Waals surface area (Å²) in [4.78, 5) is 14.9. The first kappa shape index (κ1) is 11.7. The maximum atomic E-state index is 10.9. The number of aliphatic hydroxyl groups is 1. The molecule has 82 valence electrons. The zero-order valence-electron chi connectivity index (χ0n) is 8.90. The summed E-state index contributed by atoms with van der Waals surface area (Å²) in [7, 11) is 0. The van der Waals surface area contributed by atoms with Gasteiger partial charge in [0.15, 0.2) is 0 Å². The van der Waals surface area contributed by atoms with Gasteiger partial charge in [-0.15, -0.1) is 0 Å². The second-order valence-electron chi connectivity index (χ2n) is 4.30. The number of hydrogen-bond donors (Lipinski definition) is 2. The lowest BCUT2D eigenvalue weighted by Gasteiger charge is -2.21. The third-order valence-electron chi connectivity index (χ3n) is 2.19. The highest BCUT2D eigenvalue weighted by Crippen LogP contribution is 2.21. The van der Waals surface area contributed by atoms with Crippen molar-refractivity contribution in [2.75, 3.05) is 6.61 Å². The standard InChI is InChI=1S/C11H15NO3/c1-11(2,7-13)6-9-8(10(14)15)4-3-5-12-9/h3-5,13H,6-7H2,1-2H3,(H,14,15). The minimum Gasteiger partial charge on any atom is -0.478 e. The first-order valence-corrected chi connectivity index (χ1v) is 4.74. The van der Waals surface area contributed by atoms with Crippen LogP contribution in [0.1, 0.15) is 29.9 Å². The van der Waals surface area contributed by atoms with Gasteiger partial charge in [0.25, 0.3) is 0 Å². The van der Waals surface area contributed by atoms with Crippen molar-refractivity contribution in [3.8, 4) is 0 Å². The molecule has 1 rings (SSSR count). The van der Waals surface area contributed by atoms with Gasteiger partial charge in [-0.05, 0) is 24.0 Å². The van der Waals surface area contributed by atoms with Crippen LogP contribution in [0.3, 0.4) is 0 Å². The van der Waals surface area contributed by atoms with E-state index in [4.69, 9.17) is 10.2 Å². The lowest BCUT2D eigenvalue weighted by Crippen LogP contribution is -2.22. The van der Waals surface area contributed by atoms with Gasteiger partial charge in [0.2, 0.25) is 0 Å². The van der Waals surface area contributed by atoms with E-state index in [-0.39, 0.29) is 17.6 Å². The van der Waals surface area contributed by atoms with Crippen LogP contribution in [-0.2, 0) is 6.42 Å². The molecule has 0 saturated heterocycles. The predicted molar refractivity (Wildman–Crippen MR) is 55.8 cm³/mol. The van der Waals surface area contributed by atoms with Crippen molar-refractivity contribution in [2.45, 2.75) is 20.3 Å². The molecule has 0 unspecified atom stereocenters. The Balaban J connectivity index is 2.99. The average Bonchev–Trinajstić information content (AvgIpc) is 2.18. The minimum absolute atomic E-state index is 0.00261. The van der Waals surface area contributed by atoms with Crippen LogP contribution < -0.4 is 0 Å².